The third-order valence-electron chi connectivity index (χ3n) is 3.28. The average Bonchev–Trinajstić information content (AvgIpc) is 2.68. The van der Waals surface area contributed by atoms with Gasteiger partial charge in [-0.25, -0.2) is 8.42 Å². The Morgan fingerprint density at radius 3 is 1.70 bits per heavy atom. The van der Waals surface area contributed by atoms with Crippen molar-refractivity contribution in [3.8, 4) is 0 Å². The highest BCUT2D eigenvalue weighted by atomic mass is 32.2. The predicted molar refractivity (Wildman–Crippen MR) is 121 cm³/mol. The SMILES string of the molecule is CC.CC.CC.Cc1ccc(NS(=O)(=O)c2ccccc2)c(C(C)(C)C)c1. The van der Waals surface area contributed by atoms with E-state index in [1.54, 1.807) is 30.3 Å². The molecular weight excluding hydrogens is 354 g/mol. The van der Waals surface area contributed by atoms with Gasteiger partial charge in [0.1, 0.15) is 0 Å². The Kier molecular flexibility index (Phi) is 13.6. The summed E-state index contributed by atoms with van der Waals surface area (Å²) in [6.45, 7) is 20.2. The normalized spacial score (nSPS) is 10.1. The molecule has 154 valence electrons. The van der Waals surface area contributed by atoms with Crippen LogP contribution < -0.4 is 4.72 Å². The fraction of sp³-hybridized carbons (Fsp3) is 0.478. The number of hydrogen-bond acceptors (Lipinski definition) is 2. The molecule has 2 rings (SSSR count). The standard InChI is InChI=1S/C17H21NO2S.3C2H6/c1-13-10-11-16(15(12-13)17(2,3)4)18-21(19,20)14-8-6-5-7-9-14;3*1-2/h5-12,18H,1-4H3;3*1-2H3. The minimum Gasteiger partial charge on any atom is -0.279 e. The van der Waals surface area contributed by atoms with Crippen molar-refractivity contribution in [3.63, 3.8) is 0 Å². The summed E-state index contributed by atoms with van der Waals surface area (Å²) in [7, 11) is -3.56. The second-order valence-electron chi connectivity index (χ2n) is 6.22. The number of hydrogen-bond donors (Lipinski definition) is 1. The average molecular weight is 394 g/mol. The van der Waals surface area contributed by atoms with E-state index < -0.39 is 10.0 Å². The fourth-order valence-corrected chi connectivity index (χ4v) is 3.27. The van der Waals surface area contributed by atoms with Gasteiger partial charge in [0.15, 0.2) is 0 Å². The first kappa shape index (κ1) is 27.4. The van der Waals surface area contributed by atoms with Gasteiger partial charge in [-0.05, 0) is 36.1 Å². The van der Waals surface area contributed by atoms with E-state index in [4.69, 9.17) is 0 Å². The molecule has 0 fully saturated rings. The highest BCUT2D eigenvalue weighted by Gasteiger charge is 2.22. The van der Waals surface area contributed by atoms with E-state index in [1.165, 1.54) is 0 Å². The molecule has 4 heteroatoms. The number of anilines is 1. The molecule has 0 aliphatic rings. The fourth-order valence-electron chi connectivity index (χ4n) is 2.17. The van der Waals surface area contributed by atoms with Crippen molar-refractivity contribution in [1.29, 1.82) is 0 Å². The molecule has 2 aromatic rings. The van der Waals surface area contributed by atoms with Crippen LogP contribution in [0.2, 0.25) is 0 Å². The zero-order chi connectivity index (χ0) is 21.7. The smallest absolute Gasteiger partial charge is 0.261 e. The summed E-state index contributed by atoms with van der Waals surface area (Å²) in [5.41, 5.74) is 2.60. The zero-order valence-corrected chi connectivity index (χ0v) is 19.7. The largest absolute Gasteiger partial charge is 0.279 e. The van der Waals surface area contributed by atoms with Crippen molar-refractivity contribution in [2.45, 2.75) is 79.5 Å². The van der Waals surface area contributed by atoms with Gasteiger partial charge >= 0.3 is 0 Å². The van der Waals surface area contributed by atoms with Crippen LogP contribution in [0.1, 0.15) is 73.4 Å². The molecule has 0 bridgehead atoms. The highest BCUT2D eigenvalue weighted by molar-refractivity contribution is 7.92. The molecule has 0 atom stereocenters. The Morgan fingerprint density at radius 1 is 0.778 bits per heavy atom. The van der Waals surface area contributed by atoms with E-state index in [9.17, 15) is 8.42 Å². The van der Waals surface area contributed by atoms with Gasteiger partial charge in [-0.1, -0.05) is 98.2 Å². The molecule has 0 aliphatic carbocycles. The van der Waals surface area contributed by atoms with Gasteiger partial charge in [0.25, 0.3) is 10.0 Å². The predicted octanol–water partition coefficient (Wildman–Crippen LogP) is 7.17. The molecule has 0 radical (unpaired) electrons. The first-order valence-corrected chi connectivity index (χ1v) is 11.4. The summed E-state index contributed by atoms with van der Waals surface area (Å²) in [5, 5.41) is 0. The third kappa shape index (κ3) is 9.09. The van der Waals surface area contributed by atoms with Crippen LogP contribution in [0.3, 0.4) is 0 Å². The van der Waals surface area contributed by atoms with Crippen LogP contribution in [0, 0.1) is 6.92 Å². The van der Waals surface area contributed by atoms with Gasteiger partial charge < -0.3 is 0 Å². The molecule has 1 N–H and O–H groups in total. The van der Waals surface area contributed by atoms with Crippen molar-refractivity contribution in [2.24, 2.45) is 0 Å². The number of rotatable bonds is 3. The summed E-state index contributed by atoms with van der Waals surface area (Å²) in [5.74, 6) is 0. The lowest BCUT2D eigenvalue weighted by Gasteiger charge is -2.24. The number of benzene rings is 2. The molecule has 0 aliphatic heterocycles. The summed E-state index contributed by atoms with van der Waals surface area (Å²) in [6.07, 6.45) is 0. The monoisotopic (exact) mass is 393 g/mol. The number of nitrogens with one attached hydrogen (secondary N) is 1. The van der Waals surface area contributed by atoms with Crippen LogP contribution in [0.25, 0.3) is 0 Å². The lowest BCUT2D eigenvalue weighted by atomic mass is 9.85. The van der Waals surface area contributed by atoms with Gasteiger partial charge in [-0.15, -0.1) is 0 Å². The van der Waals surface area contributed by atoms with Crippen molar-refractivity contribution >= 4 is 15.7 Å². The van der Waals surface area contributed by atoms with Crippen LogP contribution in [-0.2, 0) is 15.4 Å². The maximum absolute atomic E-state index is 12.5. The number of sulfonamides is 1. The summed E-state index contributed by atoms with van der Waals surface area (Å²) in [6, 6.07) is 14.2. The second-order valence-corrected chi connectivity index (χ2v) is 7.90. The molecule has 0 saturated heterocycles. The molecule has 2 aromatic carbocycles. The molecule has 0 amide bonds. The van der Waals surface area contributed by atoms with Gasteiger partial charge in [0, 0.05) is 0 Å². The van der Waals surface area contributed by atoms with Crippen LogP contribution in [0.4, 0.5) is 5.69 Å². The molecule has 3 nitrogen and oxygen atoms in total. The maximum Gasteiger partial charge on any atom is 0.261 e. The minimum atomic E-state index is -3.56. The zero-order valence-electron chi connectivity index (χ0n) is 18.8. The number of aryl methyl sites for hydroxylation is 1. The van der Waals surface area contributed by atoms with Crippen LogP contribution in [-0.4, -0.2) is 8.42 Å². The molecule has 0 saturated carbocycles. The van der Waals surface area contributed by atoms with E-state index in [1.807, 2.05) is 66.7 Å². The van der Waals surface area contributed by atoms with Crippen molar-refractivity contribution in [1.82, 2.24) is 0 Å². The molecular formula is C23H39NO2S. The quantitative estimate of drug-likeness (QED) is 0.600. The Labute approximate surface area is 168 Å². The maximum atomic E-state index is 12.5. The van der Waals surface area contributed by atoms with Crippen molar-refractivity contribution in [3.05, 3.63) is 59.7 Å². The first-order valence-electron chi connectivity index (χ1n) is 9.89. The van der Waals surface area contributed by atoms with Crippen LogP contribution in [0.5, 0.6) is 0 Å². The summed E-state index contributed by atoms with van der Waals surface area (Å²) < 4.78 is 27.6. The Bertz CT molecular complexity index is 731. The molecule has 0 spiro atoms. The molecule has 27 heavy (non-hydrogen) atoms. The Morgan fingerprint density at radius 2 is 1.26 bits per heavy atom. The lowest BCUT2D eigenvalue weighted by Crippen LogP contribution is -2.19. The molecule has 0 heterocycles. The van der Waals surface area contributed by atoms with Gasteiger partial charge in [-0.3, -0.25) is 4.72 Å². The van der Waals surface area contributed by atoms with E-state index in [2.05, 4.69) is 25.5 Å². The molecule has 0 aromatic heterocycles. The Balaban J connectivity index is 0. The highest BCUT2D eigenvalue weighted by Crippen LogP contribution is 2.31. The van der Waals surface area contributed by atoms with E-state index in [0.717, 1.165) is 11.1 Å². The minimum absolute atomic E-state index is 0.138. The second kappa shape index (κ2) is 13.4. The van der Waals surface area contributed by atoms with Crippen molar-refractivity contribution < 1.29 is 8.42 Å². The first-order chi connectivity index (χ1) is 12.7. The van der Waals surface area contributed by atoms with Gasteiger partial charge in [-0.2, -0.15) is 0 Å². The van der Waals surface area contributed by atoms with Gasteiger partial charge in [0.05, 0.1) is 10.6 Å². The van der Waals surface area contributed by atoms with Crippen LogP contribution >= 0.6 is 0 Å². The van der Waals surface area contributed by atoms with Crippen molar-refractivity contribution in [2.75, 3.05) is 4.72 Å². The third-order valence-corrected chi connectivity index (χ3v) is 4.66. The van der Waals surface area contributed by atoms with E-state index >= 15 is 0 Å². The molecule has 0 unspecified atom stereocenters. The Hall–Kier alpha value is -1.81. The van der Waals surface area contributed by atoms with Crippen LogP contribution in [0.15, 0.2) is 53.4 Å². The lowest BCUT2D eigenvalue weighted by molar-refractivity contribution is 0.589. The van der Waals surface area contributed by atoms with E-state index in [-0.39, 0.29) is 10.3 Å². The topological polar surface area (TPSA) is 46.2 Å². The summed E-state index contributed by atoms with van der Waals surface area (Å²) in [4.78, 5) is 0.269. The van der Waals surface area contributed by atoms with Gasteiger partial charge in [0.2, 0.25) is 0 Å². The van der Waals surface area contributed by atoms with E-state index in [0.29, 0.717) is 5.69 Å². The summed E-state index contributed by atoms with van der Waals surface area (Å²) >= 11 is 0.